The lowest BCUT2D eigenvalue weighted by Gasteiger charge is -2.24. The minimum Gasteiger partial charge on any atom is -0.496 e. The molecule has 1 amide bonds. The topological polar surface area (TPSA) is 82.2 Å². The Bertz CT molecular complexity index is 753. The number of rotatable bonds is 5. The Morgan fingerprint density at radius 1 is 1.46 bits per heavy atom. The molecule has 0 spiro atoms. The van der Waals surface area contributed by atoms with Gasteiger partial charge in [-0.05, 0) is 49.9 Å². The summed E-state index contributed by atoms with van der Waals surface area (Å²) < 4.78 is 7.26. The summed E-state index contributed by atoms with van der Waals surface area (Å²) in [4.78, 5) is 12.7. The molecule has 0 saturated heterocycles. The van der Waals surface area contributed by atoms with Crippen LogP contribution in [0.2, 0.25) is 0 Å². The molecule has 2 aromatic rings. The molecule has 1 aliphatic rings. The Morgan fingerprint density at radius 3 is 2.92 bits per heavy atom. The monoisotopic (exact) mass is 328 g/mol. The predicted octanol–water partition coefficient (Wildman–Crippen LogP) is 1.89. The zero-order valence-electron chi connectivity index (χ0n) is 14.4. The zero-order valence-corrected chi connectivity index (χ0v) is 14.4. The average Bonchev–Trinajstić information content (AvgIpc) is 3.18. The highest BCUT2D eigenvalue weighted by Gasteiger charge is 2.42. The first-order valence-electron chi connectivity index (χ1n) is 8.23. The summed E-state index contributed by atoms with van der Waals surface area (Å²) in [7, 11) is 1.64. The number of methoxy groups -OCH3 is 1. The fourth-order valence-electron chi connectivity index (χ4n) is 3.21. The molecule has 1 atom stereocenters. The standard InChI is InChI=1S/C18H24N4O2/c1-12(2)22-10-8-13(21-22)11-20-17(23)18(19)9-7-14-15(18)5-4-6-16(14)24-3/h4-6,8,10,12H,7,9,11,19H2,1-3H3,(H,20,23). The fraction of sp³-hybridized carbons (Fsp3) is 0.444. The normalized spacial score (nSPS) is 19.4. The van der Waals surface area contributed by atoms with Crippen molar-refractivity contribution in [1.29, 1.82) is 0 Å². The van der Waals surface area contributed by atoms with Crippen LogP contribution in [0.25, 0.3) is 0 Å². The third-order valence-electron chi connectivity index (χ3n) is 4.63. The number of benzene rings is 1. The van der Waals surface area contributed by atoms with Gasteiger partial charge in [0.1, 0.15) is 11.3 Å². The summed E-state index contributed by atoms with van der Waals surface area (Å²) in [6.07, 6.45) is 3.24. The van der Waals surface area contributed by atoms with Crippen LogP contribution in [-0.4, -0.2) is 22.8 Å². The number of hydrogen-bond donors (Lipinski definition) is 2. The summed E-state index contributed by atoms with van der Waals surface area (Å²) in [6.45, 7) is 4.50. The number of nitrogens with zero attached hydrogens (tertiary/aromatic N) is 2. The molecule has 3 N–H and O–H groups in total. The second-order valence-electron chi connectivity index (χ2n) is 6.52. The molecule has 1 unspecified atom stereocenters. The highest BCUT2D eigenvalue weighted by Crippen LogP contribution is 2.39. The zero-order chi connectivity index (χ0) is 17.3. The molecule has 1 heterocycles. The second-order valence-corrected chi connectivity index (χ2v) is 6.52. The first-order valence-corrected chi connectivity index (χ1v) is 8.23. The van der Waals surface area contributed by atoms with Crippen molar-refractivity contribution in [2.24, 2.45) is 5.73 Å². The number of nitrogens with two attached hydrogens (primary N) is 1. The lowest BCUT2D eigenvalue weighted by Crippen LogP contribution is -2.49. The first-order chi connectivity index (χ1) is 11.5. The van der Waals surface area contributed by atoms with Crippen LogP contribution in [0.1, 0.15) is 43.1 Å². The minimum atomic E-state index is -1.01. The summed E-state index contributed by atoms with van der Waals surface area (Å²) in [5.74, 6) is 0.622. The van der Waals surface area contributed by atoms with Gasteiger partial charge in [-0.15, -0.1) is 0 Å². The average molecular weight is 328 g/mol. The van der Waals surface area contributed by atoms with Crippen molar-refractivity contribution in [3.63, 3.8) is 0 Å². The number of amides is 1. The molecule has 0 radical (unpaired) electrons. The van der Waals surface area contributed by atoms with Crippen LogP contribution in [0.15, 0.2) is 30.5 Å². The van der Waals surface area contributed by atoms with Crippen molar-refractivity contribution in [3.8, 4) is 5.75 Å². The van der Waals surface area contributed by atoms with E-state index in [0.717, 1.165) is 29.0 Å². The predicted molar refractivity (Wildman–Crippen MR) is 91.6 cm³/mol. The highest BCUT2D eigenvalue weighted by molar-refractivity contribution is 5.89. The van der Waals surface area contributed by atoms with E-state index in [9.17, 15) is 4.79 Å². The molecule has 0 saturated carbocycles. The first kappa shape index (κ1) is 16.5. The number of carbonyl (C=O) groups is 1. The number of fused-ring (bicyclic) bond motifs is 1. The van der Waals surface area contributed by atoms with Crippen LogP contribution in [-0.2, 0) is 23.3 Å². The van der Waals surface area contributed by atoms with E-state index >= 15 is 0 Å². The number of ether oxygens (including phenoxy) is 1. The SMILES string of the molecule is COc1cccc2c1CCC2(N)C(=O)NCc1ccn(C(C)C)n1. The smallest absolute Gasteiger partial charge is 0.245 e. The molecule has 128 valence electrons. The van der Waals surface area contributed by atoms with E-state index in [0.29, 0.717) is 19.0 Å². The van der Waals surface area contributed by atoms with Gasteiger partial charge in [-0.3, -0.25) is 9.48 Å². The van der Waals surface area contributed by atoms with Crippen molar-refractivity contribution in [2.45, 2.75) is 44.8 Å². The number of nitrogens with one attached hydrogen (secondary N) is 1. The Kier molecular flexibility index (Phi) is 4.32. The summed E-state index contributed by atoms with van der Waals surface area (Å²) in [5, 5.41) is 7.38. The molecule has 1 aromatic carbocycles. The molecular formula is C18H24N4O2. The van der Waals surface area contributed by atoms with E-state index in [-0.39, 0.29) is 5.91 Å². The van der Waals surface area contributed by atoms with E-state index in [1.165, 1.54) is 0 Å². The summed E-state index contributed by atoms with van der Waals surface area (Å²) in [6, 6.07) is 7.90. The van der Waals surface area contributed by atoms with E-state index in [4.69, 9.17) is 10.5 Å². The van der Waals surface area contributed by atoms with E-state index in [2.05, 4.69) is 24.3 Å². The van der Waals surface area contributed by atoms with E-state index < -0.39 is 5.54 Å². The Hall–Kier alpha value is -2.34. The second kappa shape index (κ2) is 6.28. The highest BCUT2D eigenvalue weighted by atomic mass is 16.5. The Balaban J connectivity index is 1.74. The van der Waals surface area contributed by atoms with Crippen molar-refractivity contribution in [3.05, 3.63) is 47.3 Å². The van der Waals surface area contributed by atoms with E-state index in [1.54, 1.807) is 7.11 Å². The van der Waals surface area contributed by atoms with E-state index in [1.807, 2.05) is 35.1 Å². The molecule has 24 heavy (non-hydrogen) atoms. The molecule has 0 bridgehead atoms. The van der Waals surface area contributed by atoms with Crippen LogP contribution < -0.4 is 15.8 Å². The molecule has 1 aromatic heterocycles. The van der Waals surface area contributed by atoms with Gasteiger partial charge in [-0.2, -0.15) is 5.10 Å². The van der Waals surface area contributed by atoms with Crippen molar-refractivity contribution < 1.29 is 9.53 Å². The van der Waals surface area contributed by atoms with Crippen LogP contribution in [0.3, 0.4) is 0 Å². The third kappa shape index (κ3) is 2.78. The molecule has 3 rings (SSSR count). The Labute approximate surface area is 142 Å². The lowest BCUT2D eigenvalue weighted by molar-refractivity contribution is -0.126. The van der Waals surface area contributed by atoms with Gasteiger partial charge in [-0.25, -0.2) is 0 Å². The fourth-order valence-corrected chi connectivity index (χ4v) is 3.21. The van der Waals surface area contributed by atoms with Gasteiger partial charge >= 0.3 is 0 Å². The van der Waals surface area contributed by atoms with Gasteiger partial charge in [0.2, 0.25) is 5.91 Å². The van der Waals surface area contributed by atoms with Gasteiger partial charge in [0.15, 0.2) is 0 Å². The van der Waals surface area contributed by atoms with Crippen molar-refractivity contribution in [1.82, 2.24) is 15.1 Å². The molecule has 1 aliphatic carbocycles. The number of hydrogen-bond acceptors (Lipinski definition) is 4. The van der Waals surface area contributed by atoms with Crippen LogP contribution in [0.5, 0.6) is 5.75 Å². The van der Waals surface area contributed by atoms with Gasteiger partial charge in [-0.1, -0.05) is 12.1 Å². The van der Waals surface area contributed by atoms with Crippen molar-refractivity contribution in [2.75, 3.05) is 7.11 Å². The maximum Gasteiger partial charge on any atom is 0.245 e. The molecule has 0 aliphatic heterocycles. The van der Waals surface area contributed by atoms with Gasteiger partial charge in [0, 0.05) is 12.2 Å². The molecule has 0 fully saturated rings. The molecular weight excluding hydrogens is 304 g/mol. The van der Waals surface area contributed by atoms with Gasteiger partial charge in [0.25, 0.3) is 0 Å². The maximum absolute atomic E-state index is 12.7. The largest absolute Gasteiger partial charge is 0.496 e. The maximum atomic E-state index is 12.7. The van der Waals surface area contributed by atoms with Crippen molar-refractivity contribution >= 4 is 5.91 Å². The van der Waals surface area contributed by atoms with Crippen LogP contribution in [0, 0.1) is 0 Å². The van der Waals surface area contributed by atoms with Gasteiger partial charge < -0.3 is 15.8 Å². The Morgan fingerprint density at radius 2 is 2.25 bits per heavy atom. The quantitative estimate of drug-likeness (QED) is 0.878. The minimum absolute atomic E-state index is 0.173. The lowest BCUT2D eigenvalue weighted by atomic mass is 9.92. The third-order valence-corrected chi connectivity index (χ3v) is 4.63. The molecule has 6 nitrogen and oxygen atoms in total. The summed E-state index contributed by atoms with van der Waals surface area (Å²) in [5.41, 5.74) is 8.16. The van der Waals surface area contributed by atoms with Crippen LogP contribution >= 0.6 is 0 Å². The molecule has 6 heteroatoms. The number of carbonyl (C=O) groups excluding carboxylic acids is 1. The number of aromatic nitrogens is 2. The van der Waals surface area contributed by atoms with Gasteiger partial charge in [0.05, 0.1) is 19.3 Å². The summed E-state index contributed by atoms with van der Waals surface area (Å²) >= 11 is 0. The van der Waals surface area contributed by atoms with Crippen LogP contribution in [0.4, 0.5) is 0 Å².